The molecule has 1 rings (SSSR count). The van der Waals surface area contributed by atoms with Crippen LogP contribution in [0.3, 0.4) is 0 Å². The summed E-state index contributed by atoms with van der Waals surface area (Å²) in [7, 11) is -4.26. The molecule has 1 aromatic carbocycles. The lowest BCUT2D eigenvalue weighted by Gasteiger charge is -2.01. The molecular weight excluding hydrogens is 228 g/mol. The lowest BCUT2D eigenvalue weighted by atomic mass is 10.1. The molecule has 0 saturated carbocycles. The molecule has 0 atom stereocenters. The molecule has 90 valence electrons. The molecule has 0 aliphatic carbocycles. The normalized spacial score (nSPS) is 11.6. The highest BCUT2D eigenvalue weighted by molar-refractivity contribution is 7.80. The van der Waals surface area contributed by atoms with Crippen LogP contribution in [0.5, 0.6) is 0 Å². The molecule has 0 amide bonds. The Hall–Kier alpha value is -0.910. The predicted molar refractivity (Wildman–Crippen MR) is 61.5 cm³/mol. The summed E-state index contributed by atoms with van der Waals surface area (Å²) in [6.07, 6.45) is 3.47. The summed E-state index contributed by atoms with van der Waals surface area (Å²) >= 11 is 0. The highest BCUT2D eigenvalue weighted by Gasteiger charge is 2.02. The van der Waals surface area contributed by atoms with Gasteiger partial charge >= 0.3 is 10.4 Å². The Morgan fingerprint density at radius 2 is 1.75 bits per heavy atom. The van der Waals surface area contributed by atoms with Crippen molar-refractivity contribution in [3.63, 3.8) is 0 Å². The second-order valence-electron chi connectivity index (χ2n) is 3.55. The molecule has 1 N–H and O–H groups in total. The second kappa shape index (κ2) is 6.62. The summed E-state index contributed by atoms with van der Waals surface area (Å²) in [4.78, 5) is 0. The van der Waals surface area contributed by atoms with Crippen molar-refractivity contribution in [3.05, 3.63) is 35.9 Å². The first-order chi connectivity index (χ1) is 7.58. The topological polar surface area (TPSA) is 63.6 Å². The molecule has 0 radical (unpaired) electrons. The number of hydrogen-bond donors (Lipinski definition) is 1. The van der Waals surface area contributed by atoms with E-state index >= 15 is 0 Å². The van der Waals surface area contributed by atoms with Gasteiger partial charge in [-0.25, -0.2) is 4.18 Å². The van der Waals surface area contributed by atoms with Crippen molar-refractivity contribution in [3.8, 4) is 0 Å². The van der Waals surface area contributed by atoms with E-state index in [2.05, 4.69) is 16.3 Å². The molecular formula is C11H16O4S. The maximum atomic E-state index is 10.2. The van der Waals surface area contributed by atoms with Gasteiger partial charge in [-0.3, -0.25) is 4.55 Å². The van der Waals surface area contributed by atoms with Crippen LogP contribution in [0.15, 0.2) is 30.3 Å². The number of unbranched alkanes of at least 4 members (excludes halogenated alkanes) is 2. The van der Waals surface area contributed by atoms with E-state index in [1.54, 1.807) is 0 Å². The largest absolute Gasteiger partial charge is 0.397 e. The Bertz CT molecular complexity index is 386. The molecule has 0 unspecified atom stereocenters. The zero-order valence-electron chi connectivity index (χ0n) is 9.00. The van der Waals surface area contributed by atoms with Crippen molar-refractivity contribution in [2.45, 2.75) is 25.7 Å². The quantitative estimate of drug-likeness (QED) is 0.590. The van der Waals surface area contributed by atoms with E-state index in [1.165, 1.54) is 5.56 Å². The van der Waals surface area contributed by atoms with Crippen molar-refractivity contribution >= 4 is 10.4 Å². The van der Waals surface area contributed by atoms with Crippen LogP contribution in [-0.4, -0.2) is 19.6 Å². The van der Waals surface area contributed by atoms with Crippen molar-refractivity contribution in [2.75, 3.05) is 6.61 Å². The lowest BCUT2D eigenvalue weighted by Crippen LogP contribution is -2.04. The summed E-state index contributed by atoms with van der Waals surface area (Å²) in [5.41, 5.74) is 1.28. The molecule has 0 aliphatic heterocycles. The third-order valence-corrected chi connectivity index (χ3v) is 2.65. The summed E-state index contributed by atoms with van der Waals surface area (Å²) in [6.45, 7) is 0.0492. The maximum Gasteiger partial charge on any atom is 0.397 e. The van der Waals surface area contributed by atoms with Crippen LogP contribution in [0.1, 0.15) is 24.8 Å². The van der Waals surface area contributed by atoms with E-state index in [0.717, 1.165) is 19.3 Å². The van der Waals surface area contributed by atoms with Crippen molar-refractivity contribution in [1.82, 2.24) is 0 Å². The molecule has 0 fully saturated rings. The van der Waals surface area contributed by atoms with Gasteiger partial charge in [0.1, 0.15) is 0 Å². The molecule has 0 heterocycles. The van der Waals surface area contributed by atoms with Crippen LogP contribution >= 0.6 is 0 Å². The SMILES string of the molecule is O=S(=O)(O)OCCCCCc1ccccc1. The maximum absolute atomic E-state index is 10.2. The minimum atomic E-state index is -4.26. The van der Waals surface area contributed by atoms with Crippen LogP contribution in [0, 0.1) is 0 Å². The van der Waals surface area contributed by atoms with Crippen LogP contribution in [0.25, 0.3) is 0 Å². The fourth-order valence-electron chi connectivity index (χ4n) is 1.42. The monoisotopic (exact) mass is 244 g/mol. The minimum absolute atomic E-state index is 0.0492. The molecule has 5 heteroatoms. The van der Waals surface area contributed by atoms with Gasteiger partial charge in [0.05, 0.1) is 6.61 Å². The molecule has 0 saturated heterocycles. The summed E-state index contributed by atoms with van der Waals surface area (Å²) in [6, 6.07) is 10.1. The average molecular weight is 244 g/mol. The Labute approximate surface area is 96.2 Å². The molecule has 1 aromatic rings. The number of rotatable bonds is 7. The van der Waals surface area contributed by atoms with Crippen LogP contribution < -0.4 is 0 Å². The minimum Gasteiger partial charge on any atom is -0.264 e. The molecule has 0 spiro atoms. The van der Waals surface area contributed by atoms with Gasteiger partial charge in [0.15, 0.2) is 0 Å². The van der Waals surface area contributed by atoms with E-state index in [4.69, 9.17) is 4.55 Å². The Morgan fingerprint density at radius 3 is 2.38 bits per heavy atom. The predicted octanol–water partition coefficient (Wildman–Crippen LogP) is 2.22. The highest BCUT2D eigenvalue weighted by atomic mass is 32.3. The van der Waals surface area contributed by atoms with Gasteiger partial charge in [-0.2, -0.15) is 8.42 Å². The highest BCUT2D eigenvalue weighted by Crippen LogP contribution is 2.06. The molecule has 0 aromatic heterocycles. The lowest BCUT2D eigenvalue weighted by molar-refractivity contribution is 0.262. The van der Waals surface area contributed by atoms with Crippen LogP contribution in [0.2, 0.25) is 0 Å². The Kier molecular flexibility index (Phi) is 5.45. The van der Waals surface area contributed by atoms with Crippen LogP contribution in [-0.2, 0) is 21.0 Å². The van der Waals surface area contributed by atoms with E-state index in [1.807, 2.05) is 18.2 Å². The van der Waals surface area contributed by atoms with E-state index in [9.17, 15) is 8.42 Å². The van der Waals surface area contributed by atoms with Gasteiger partial charge < -0.3 is 0 Å². The van der Waals surface area contributed by atoms with Crippen LogP contribution in [0.4, 0.5) is 0 Å². The summed E-state index contributed by atoms with van der Waals surface area (Å²) < 4.78 is 32.9. The fraction of sp³-hybridized carbons (Fsp3) is 0.455. The van der Waals surface area contributed by atoms with Gasteiger partial charge in [-0.05, 0) is 24.8 Å². The Balaban J connectivity index is 2.05. The zero-order chi connectivity index (χ0) is 11.9. The molecule has 0 bridgehead atoms. The molecule has 4 nitrogen and oxygen atoms in total. The summed E-state index contributed by atoms with van der Waals surface area (Å²) in [5.74, 6) is 0. The van der Waals surface area contributed by atoms with Crippen molar-refractivity contribution in [1.29, 1.82) is 0 Å². The fourth-order valence-corrected chi connectivity index (χ4v) is 1.75. The number of aryl methyl sites for hydroxylation is 1. The third kappa shape index (κ3) is 6.55. The molecule has 0 aliphatic rings. The third-order valence-electron chi connectivity index (χ3n) is 2.18. The van der Waals surface area contributed by atoms with Gasteiger partial charge in [-0.15, -0.1) is 0 Å². The average Bonchev–Trinajstić information content (AvgIpc) is 2.23. The standard InChI is InChI=1S/C11H16O4S/c12-16(13,14)15-10-6-2-5-9-11-7-3-1-4-8-11/h1,3-4,7-8H,2,5-6,9-10H2,(H,12,13,14). The second-order valence-corrected chi connectivity index (χ2v) is 4.64. The van der Waals surface area contributed by atoms with Gasteiger partial charge in [0.25, 0.3) is 0 Å². The van der Waals surface area contributed by atoms with Gasteiger partial charge in [0, 0.05) is 0 Å². The van der Waals surface area contributed by atoms with Crippen molar-refractivity contribution in [2.24, 2.45) is 0 Å². The number of benzene rings is 1. The van der Waals surface area contributed by atoms with E-state index in [-0.39, 0.29) is 6.61 Å². The van der Waals surface area contributed by atoms with Crippen molar-refractivity contribution < 1.29 is 17.2 Å². The van der Waals surface area contributed by atoms with E-state index in [0.29, 0.717) is 6.42 Å². The van der Waals surface area contributed by atoms with Gasteiger partial charge in [0.2, 0.25) is 0 Å². The first-order valence-electron chi connectivity index (χ1n) is 5.24. The smallest absolute Gasteiger partial charge is 0.264 e. The summed E-state index contributed by atoms with van der Waals surface area (Å²) in [5, 5.41) is 0. The first-order valence-corrected chi connectivity index (χ1v) is 6.60. The number of hydrogen-bond acceptors (Lipinski definition) is 3. The Morgan fingerprint density at radius 1 is 1.06 bits per heavy atom. The van der Waals surface area contributed by atoms with E-state index < -0.39 is 10.4 Å². The molecule has 16 heavy (non-hydrogen) atoms. The first kappa shape index (κ1) is 13.2. The zero-order valence-corrected chi connectivity index (χ0v) is 9.82. The van der Waals surface area contributed by atoms with Gasteiger partial charge in [-0.1, -0.05) is 36.8 Å².